The van der Waals surface area contributed by atoms with E-state index in [2.05, 4.69) is 9.79 Å². The molecule has 0 unspecified atom stereocenters. The first-order valence-electron chi connectivity index (χ1n) is 5.89. The molecule has 0 saturated heterocycles. The van der Waals surface area contributed by atoms with Gasteiger partial charge in [-0.25, -0.2) is 0 Å². The quantitative estimate of drug-likeness (QED) is 0.668. The average molecular weight is 331 g/mol. The summed E-state index contributed by atoms with van der Waals surface area (Å²) in [6.45, 7) is 0. The van der Waals surface area contributed by atoms with Crippen LogP contribution in [0.4, 0.5) is 13.2 Å². The molecule has 0 saturated carbocycles. The lowest BCUT2D eigenvalue weighted by molar-refractivity contribution is -0.782. The smallest absolute Gasteiger partial charge is 0.416 e. The predicted molar refractivity (Wildman–Crippen MR) is 69.5 cm³/mol. The van der Waals surface area contributed by atoms with Gasteiger partial charge in [0.25, 0.3) is 5.52 Å². The minimum absolute atomic E-state index is 0.0486. The molecule has 5 nitrogen and oxygen atoms in total. The average Bonchev–Trinajstić information content (AvgIpc) is 2.81. The predicted octanol–water partition coefficient (Wildman–Crippen LogP) is 3.93. The number of benzene rings is 2. The van der Waals surface area contributed by atoms with Gasteiger partial charge in [-0.1, -0.05) is 11.6 Å². The van der Waals surface area contributed by atoms with Gasteiger partial charge in [0.1, 0.15) is 11.5 Å². The van der Waals surface area contributed by atoms with Crippen LogP contribution in [0, 0.1) is 5.21 Å². The van der Waals surface area contributed by atoms with Crippen LogP contribution < -0.4 is 9.64 Å². The molecular formula is C13H6ClF3N2O3. The largest absolute Gasteiger partial charge is 0.456 e. The van der Waals surface area contributed by atoms with Gasteiger partial charge in [-0.3, -0.25) is 4.63 Å². The van der Waals surface area contributed by atoms with E-state index in [9.17, 15) is 18.4 Å². The fourth-order valence-electron chi connectivity index (χ4n) is 1.81. The van der Waals surface area contributed by atoms with Crippen LogP contribution in [0.2, 0.25) is 5.02 Å². The third-order valence-corrected chi connectivity index (χ3v) is 3.14. The highest BCUT2D eigenvalue weighted by Crippen LogP contribution is 2.36. The van der Waals surface area contributed by atoms with Crippen molar-refractivity contribution in [2.24, 2.45) is 0 Å². The zero-order valence-corrected chi connectivity index (χ0v) is 11.4. The van der Waals surface area contributed by atoms with Crippen molar-refractivity contribution in [1.29, 1.82) is 0 Å². The Balaban J connectivity index is 1.91. The van der Waals surface area contributed by atoms with Gasteiger partial charge in [-0.2, -0.15) is 13.2 Å². The van der Waals surface area contributed by atoms with Crippen molar-refractivity contribution in [3.05, 3.63) is 52.2 Å². The molecule has 22 heavy (non-hydrogen) atoms. The highest BCUT2D eigenvalue weighted by atomic mass is 35.5. The summed E-state index contributed by atoms with van der Waals surface area (Å²) in [6.07, 6.45) is -4.48. The van der Waals surface area contributed by atoms with E-state index in [1.54, 1.807) is 0 Å². The molecule has 1 heterocycles. The van der Waals surface area contributed by atoms with Crippen molar-refractivity contribution in [3.8, 4) is 11.5 Å². The van der Waals surface area contributed by atoms with E-state index in [1.807, 2.05) is 0 Å². The molecule has 0 radical (unpaired) electrons. The zero-order valence-electron chi connectivity index (χ0n) is 10.6. The molecule has 0 spiro atoms. The molecule has 0 N–H and O–H groups in total. The van der Waals surface area contributed by atoms with E-state index >= 15 is 0 Å². The molecule has 114 valence electrons. The number of halogens is 4. The van der Waals surface area contributed by atoms with Crippen LogP contribution in [-0.4, -0.2) is 5.16 Å². The Labute approximate surface area is 126 Å². The Kier molecular flexibility index (Phi) is 3.32. The number of hydrogen-bond acceptors (Lipinski definition) is 4. The van der Waals surface area contributed by atoms with Crippen LogP contribution >= 0.6 is 11.6 Å². The van der Waals surface area contributed by atoms with Crippen molar-refractivity contribution < 1.29 is 27.4 Å². The third-order valence-electron chi connectivity index (χ3n) is 2.84. The molecule has 0 aliphatic heterocycles. The second-order valence-electron chi connectivity index (χ2n) is 4.33. The Morgan fingerprint density at radius 3 is 2.64 bits per heavy atom. The van der Waals surface area contributed by atoms with E-state index in [0.29, 0.717) is 0 Å². The Morgan fingerprint density at radius 1 is 1.18 bits per heavy atom. The Morgan fingerprint density at radius 2 is 1.95 bits per heavy atom. The lowest BCUT2D eigenvalue weighted by atomic mass is 10.2. The Hall–Kier alpha value is -2.48. The lowest BCUT2D eigenvalue weighted by Crippen LogP contribution is -2.22. The summed E-state index contributed by atoms with van der Waals surface area (Å²) in [5.41, 5.74) is -0.425. The molecule has 0 aliphatic carbocycles. The molecule has 0 fully saturated rings. The molecule has 0 aliphatic rings. The second-order valence-corrected chi connectivity index (χ2v) is 4.73. The van der Waals surface area contributed by atoms with Crippen molar-refractivity contribution in [3.63, 3.8) is 0 Å². The molecule has 3 aromatic rings. The summed E-state index contributed by atoms with van der Waals surface area (Å²) < 4.78 is 47.5. The van der Waals surface area contributed by atoms with Gasteiger partial charge in [0.2, 0.25) is 5.52 Å². The van der Waals surface area contributed by atoms with Gasteiger partial charge in [-0.05, 0) is 35.2 Å². The second kappa shape index (κ2) is 5.06. The highest BCUT2D eigenvalue weighted by molar-refractivity contribution is 6.32. The van der Waals surface area contributed by atoms with Gasteiger partial charge in [0.05, 0.1) is 10.6 Å². The van der Waals surface area contributed by atoms with Crippen LogP contribution in [0.5, 0.6) is 11.5 Å². The van der Waals surface area contributed by atoms with Crippen molar-refractivity contribution in [2.45, 2.75) is 6.18 Å². The summed E-state index contributed by atoms with van der Waals surface area (Å²) in [6, 6.07) is 7.01. The maximum absolute atomic E-state index is 12.6. The Bertz CT molecular complexity index is 848. The fraction of sp³-hybridized carbons (Fsp3) is 0.0769. The maximum atomic E-state index is 12.6. The summed E-state index contributed by atoms with van der Waals surface area (Å²) in [5.74, 6) is 0.301. The number of aromatic nitrogens is 2. The summed E-state index contributed by atoms with van der Waals surface area (Å²) in [5, 5.41) is 14.5. The number of rotatable bonds is 2. The van der Waals surface area contributed by atoms with Gasteiger partial charge in [0.15, 0.2) is 0 Å². The SMILES string of the molecule is [O-][n+]1onc2cc(Oc3ccc(C(F)(F)F)cc3Cl)ccc21. The van der Waals surface area contributed by atoms with Crippen molar-refractivity contribution >= 4 is 22.6 Å². The first-order chi connectivity index (χ1) is 10.3. The number of fused-ring (bicyclic) bond motifs is 1. The number of ether oxygens (including phenoxy) is 1. The van der Waals surface area contributed by atoms with Crippen LogP contribution in [0.15, 0.2) is 41.0 Å². The van der Waals surface area contributed by atoms with Crippen LogP contribution in [0.3, 0.4) is 0 Å². The minimum Gasteiger partial charge on any atom is -0.456 e. The highest BCUT2D eigenvalue weighted by Gasteiger charge is 2.31. The fourth-order valence-corrected chi connectivity index (χ4v) is 2.03. The van der Waals surface area contributed by atoms with Gasteiger partial charge in [0, 0.05) is 11.2 Å². The molecule has 9 heteroatoms. The van der Waals surface area contributed by atoms with Gasteiger partial charge < -0.3 is 9.94 Å². The number of alkyl halides is 3. The first kappa shape index (κ1) is 14.5. The number of nitrogens with zero attached hydrogens (tertiary/aromatic N) is 2. The normalized spacial score (nSPS) is 11.8. The van der Waals surface area contributed by atoms with E-state index in [4.69, 9.17) is 16.3 Å². The third kappa shape index (κ3) is 2.64. The van der Waals surface area contributed by atoms with E-state index in [0.717, 1.165) is 18.2 Å². The molecule has 3 rings (SSSR count). The van der Waals surface area contributed by atoms with Gasteiger partial charge >= 0.3 is 6.18 Å². The molecule has 0 amide bonds. The molecule has 0 bridgehead atoms. The molecular weight excluding hydrogens is 325 g/mol. The maximum Gasteiger partial charge on any atom is 0.416 e. The van der Waals surface area contributed by atoms with Crippen LogP contribution in [0.25, 0.3) is 11.0 Å². The number of hydrogen-bond donors (Lipinski definition) is 0. The van der Waals surface area contributed by atoms with E-state index in [-0.39, 0.29) is 32.5 Å². The van der Waals surface area contributed by atoms with E-state index < -0.39 is 11.7 Å². The van der Waals surface area contributed by atoms with Crippen LogP contribution in [0.1, 0.15) is 5.56 Å². The van der Waals surface area contributed by atoms with E-state index in [1.165, 1.54) is 18.2 Å². The molecule has 1 aromatic heterocycles. The molecule has 2 aromatic carbocycles. The summed E-state index contributed by atoms with van der Waals surface area (Å²) >= 11 is 5.79. The zero-order chi connectivity index (χ0) is 15.9. The standard InChI is InChI=1S/C13H6ClF3N2O3/c14-9-5-7(13(15,16)17)1-4-12(9)21-8-2-3-11-10(6-8)18-22-19(11)20/h1-6H. The minimum atomic E-state index is -4.48. The van der Waals surface area contributed by atoms with Crippen molar-refractivity contribution in [1.82, 2.24) is 5.16 Å². The van der Waals surface area contributed by atoms with Crippen LogP contribution in [-0.2, 0) is 6.18 Å². The topological polar surface area (TPSA) is 62.2 Å². The first-order valence-corrected chi connectivity index (χ1v) is 6.26. The van der Waals surface area contributed by atoms with Crippen molar-refractivity contribution in [2.75, 3.05) is 0 Å². The monoisotopic (exact) mass is 330 g/mol. The lowest BCUT2D eigenvalue weighted by Gasteiger charge is -2.10. The summed E-state index contributed by atoms with van der Waals surface area (Å²) in [4.78, 5) is 0.226. The summed E-state index contributed by atoms with van der Waals surface area (Å²) in [7, 11) is 0. The molecule has 0 atom stereocenters. The van der Waals surface area contributed by atoms with Gasteiger partial charge in [-0.15, -0.1) is 0 Å².